The first-order valence-electron chi connectivity index (χ1n) is 12.5. The molecule has 1 unspecified atom stereocenters. The lowest BCUT2D eigenvalue weighted by Gasteiger charge is -2.24. The highest BCUT2D eigenvalue weighted by molar-refractivity contribution is 8.00. The van der Waals surface area contributed by atoms with Crippen LogP contribution in [0.2, 0.25) is 0 Å². The van der Waals surface area contributed by atoms with Gasteiger partial charge in [-0.15, -0.1) is 11.8 Å². The van der Waals surface area contributed by atoms with E-state index in [0.29, 0.717) is 48.5 Å². The van der Waals surface area contributed by atoms with Crippen molar-refractivity contribution in [2.24, 2.45) is 5.92 Å². The number of nitrogens with one attached hydrogen (secondary N) is 2. The fourth-order valence-corrected chi connectivity index (χ4v) is 6.03. The SMILES string of the molecule is CNC(=O)[C@H](Cc1ccccc1)NC(=O)[C@H](CC(C)C)SCCCC(S)N1C(=O)c2ccccc2C1=O. The maximum Gasteiger partial charge on any atom is 0.262 e. The van der Waals surface area contributed by atoms with Gasteiger partial charge in [-0.2, -0.15) is 12.6 Å². The van der Waals surface area contributed by atoms with Gasteiger partial charge in [0.05, 0.1) is 21.8 Å². The summed E-state index contributed by atoms with van der Waals surface area (Å²) in [5.41, 5.74) is 1.80. The molecule has 3 atom stereocenters. The van der Waals surface area contributed by atoms with Crippen LogP contribution < -0.4 is 10.6 Å². The summed E-state index contributed by atoms with van der Waals surface area (Å²) in [6.45, 7) is 4.13. The molecule has 0 spiro atoms. The number of carbonyl (C=O) groups is 4. The van der Waals surface area contributed by atoms with Crippen LogP contribution in [0, 0.1) is 5.92 Å². The Morgan fingerprint density at radius 1 is 0.946 bits per heavy atom. The molecule has 4 amide bonds. The van der Waals surface area contributed by atoms with E-state index < -0.39 is 11.4 Å². The molecular formula is C28H35N3O4S2. The summed E-state index contributed by atoms with van der Waals surface area (Å²) >= 11 is 6.08. The van der Waals surface area contributed by atoms with Crippen LogP contribution in [0.3, 0.4) is 0 Å². The zero-order valence-corrected chi connectivity index (χ0v) is 23.2. The predicted molar refractivity (Wildman–Crippen MR) is 151 cm³/mol. The van der Waals surface area contributed by atoms with Crippen LogP contribution in [0.5, 0.6) is 0 Å². The minimum absolute atomic E-state index is 0.161. The van der Waals surface area contributed by atoms with E-state index in [4.69, 9.17) is 0 Å². The van der Waals surface area contributed by atoms with Gasteiger partial charge in [-0.1, -0.05) is 56.3 Å². The standard InChI is InChI=1S/C28H35N3O4S2/c1-18(2)16-23(26(33)30-22(25(32)29-3)17-19-10-5-4-6-11-19)37-15-9-14-24(36)31-27(34)20-12-7-8-13-21(20)28(31)35/h4-8,10-13,18,22-24,36H,9,14-17H2,1-3H3,(H,29,32)(H,30,33)/t22-,23-,24?/m0/s1. The normalized spacial score (nSPS) is 15.3. The summed E-state index contributed by atoms with van der Waals surface area (Å²) in [6.07, 6.45) is 2.28. The maximum absolute atomic E-state index is 13.2. The van der Waals surface area contributed by atoms with E-state index in [-0.39, 0.29) is 28.9 Å². The third-order valence-corrected chi connectivity index (χ3v) is 8.01. The Hall–Kier alpha value is -2.78. The summed E-state index contributed by atoms with van der Waals surface area (Å²) in [6, 6.07) is 15.7. The van der Waals surface area contributed by atoms with Crippen molar-refractivity contribution in [3.05, 3.63) is 71.3 Å². The van der Waals surface area contributed by atoms with E-state index in [2.05, 4.69) is 37.1 Å². The second kappa shape index (κ2) is 13.7. The van der Waals surface area contributed by atoms with Crippen molar-refractivity contribution >= 4 is 48.0 Å². The van der Waals surface area contributed by atoms with Gasteiger partial charge in [-0.3, -0.25) is 24.1 Å². The summed E-state index contributed by atoms with van der Waals surface area (Å²) < 4.78 is 0. The Labute approximate surface area is 228 Å². The van der Waals surface area contributed by atoms with Crippen molar-refractivity contribution in [2.75, 3.05) is 12.8 Å². The van der Waals surface area contributed by atoms with Crippen molar-refractivity contribution in [3.8, 4) is 0 Å². The molecule has 0 aliphatic carbocycles. The minimum atomic E-state index is -0.661. The second-order valence-corrected chi connectivity index (χ2v) is 11.4. The molecule has 1 aliphatic rings. The predicted octanol–water partition coefficient (Wildman–Crippen LogP) is 3.94. The summed E-state index contributed by atoms with van der Waals surface area (Å²) in [5.74, 6) is -0.0657. The fraction of sp³-hybridized carbons (Fsp3) is 0.429. The number of benzene rings is 2. The Morgan fingerprint density at radius 2 is 1.54 bits per heavy atom. The van der Waals surface area contributed by atoms with Gasteiger partial charge in [0.25, 0.3) is 11.8 Å². The van der Waals surface area contributed by atoms with Crippen molar-refractivity contribution < 1.29 is 19.2 Å². The zero-order valence-electron chi connectivity index (χ0n) is 21.5. The van der Waals surface area contributed by atoms with E-state index >= 15 is 0 Å². The molecule has 0 aromatic heterocycles. The second-order valence-electron chi connectivity index (χ2n) is 9.50. The molecule has 1 aliphatic heterocycles. The number of carbonyl (C=O) groups excluding carboxylic acids is 4. The molecule has 0 radical (unpaired) electrons. The molecule has 9 heteroatoms. The minimum Gasteiger partial charge on any atom is -0.357 e. The Kier molecular flexibility index (Phi) is 10.6. The number of hydrogen-bond donors (Lipinski definition) is 3. The lowest BCUT2D eigenvalue weighted by molar-refractivity contribution is -0.128. The molecule has 2 aromatic carbocycles. The summed E-state index contributed by atoms with van der Waals surface area (Å²) in [5, 5.41) is 4.75. The van der Waals surface area contributed by atoms with Gasteiger partial charge in [0.15, 0.2) is 0 Å². The maximum atomic E-state index is 13.2. The molecule has 0 bridgehead atoms. The molecule has 2 aromatic rings. The highest BCUT2D eigenvalue weighted by atomic mass is 32.2. The monoisotopic (exact) mass is 541 g/mol. The van der Waals surface area contributed by atoms with E-state index in [0.717, 1.165) is 5.56 Å². The largest absolute Gasteiger partial charge is 0.357 e. The Morgan fingerprint density at radius 3 is 2.11 bits per heavy atom. The van der Waals surface area contributed by atoms with Gasteiger partial charge in [0, 0.05) is 13.5 Å². The van der Waals surface area contributed by atoms with Crippen molar-refractivity contribution in [3.63, 3.8) is 0 Å². The Balaban J connectivity index is 1.55. The fourth-order valence-electron chi connectivity index (χ4n) is 4.28. The number of imide groups is 1. The van der Waals surface area contributed by atoms with Crippen molar-refractivity contribution in [1.82, 2.24) is 15.5 Å². The number of likely N-dealkylation sites (N-methyl/N-ethyl adjacent to an activating group) is 1. The lowest BCUT2D eigenvalue weighted by atomic mass is 10.0. The molecule has 0 fully saturated rings. The first kappa shape index (κ1) is 28.8. The highest BCUT2D eigenvalue weighted by Crippen LogP contribution is 2.28. The average molecular weight is 542 g/mol. The van der Waals surface area contributed by atoms with Crippen molar-refractivity contribution in [2.45, 2.75) is 56.2 Å². The molecule has 37 heavy (non-hydrogen) atoms. The topological polar surface area (TPSA) is 95.6 Å². The quantitative estimate of drug-likeness (QED) is 0.203. The van der Waals surface area contributed by atoms with Crippen LogP contribution in [0.1, 0.15) is 59.4 Å². The number of fused-ring (bicyclic) bond motifs is 1. The number of thiol groups is 1. The lowest BCUT2D eigenvalue weighted by Crippen LogP contribution is -2.49. The van der Waals surface area contributed by atoms with Crippen LogP contribution >= 0.6 is 24.4 Å². The van der Waals surface area contributed by atoms with Gasteiger partial charge in [0.2, 0.25) is 11.8 Å². The number of rotatable bonds is 13. The third-order valence-electron chi connectivity index (χ3n) is 6.19. The third kappa shape index (κ3) is 7.61. The van der Waals surface area contributed by atoms with Gasteiger partial charge >= 0.3 is 0 Å². The van der Waals surface area contributed by atoms with E-state index in [1.54, 1.807) is 31.3 Å². The molecule has 2 N–H and O–H groups in total. The molecule has 1 heterocycles. The summed E-state index contributed by atoms with van der Waals surface area (Å²) in [7, 11) is 1.56. The Bertz CT molecular complexity index is 1070. The smallest absolute Gasteiger partial charge is 0.262 e. The zero-order chi connectivity index (χ0) is 26.9. The summed E-state index contributed by atoms with van der Waals surface area (Å²) in [4.78, 5) is 52.3. The molecule has 0 saturated carbocycles. The van der Waals surface area contributed by atoms with Crippen LogP contribution in [0.4, 0.5) is 0 Å². The van der Waals surface area contributed by atoms with E-state index in [1.165, 1.54) is 16.7 Å². The molecule has 3 rings (SSSR count). The number of hydrogen-bond acceptors (Lipinski definition) is 6. The van der Waals surface area contributed by atoms with Gasteiger partial charge < -0.3 is 10.6 Å². The molecule has 7 nitrogen and oxygen atoms in total. The van der Waals surface area contributed by atoms with E-state index in [9.17, 15) is 19.2 Å². The van der Waals surface area contributed by atoms with Crippen LogP contribution in [0.15, 0.2) is 54.6 Å². The molecular weight excluding hydrogens is 506 g/mol. The van der Waals surface area contributed by atoms with Gasteiger partial charge in [-0.25, -0.2) is 0 Å². The molecule has 198 valence electrons. The average Bonchev–Trinajstić information content (AvgIpc) is 3.15. The number of thioether (sulfide) groups is 1. The van der Waals surface area contributed by atoms with Crippen LogP contribution in [-0.4, -0.2) is 58.0 Å². The van der Waals surface area contributed by atoms with Crippen molar-refractivity contribution in [1.29, 1.82) is 0 Å². The van der Waals surface area contributed by atoms with Crippen LogP contribution in [-0.2, 0) is 16.0 Å². The molecule has 0 saturated heterocycles. The first-order valence-corrected chi connectivity index (χ1v) is 14.1. The van der Waals surface area contributed by atoms with Gasteiger partial charge in [-0.05, 0) is 48.6 Å². The van der Waals surface area contributed by atoms with E-state index in [1.807, 2.05) is 30.3 Å². The highest BCUT2D eigenvalue weighted by Gasteiger charge is 2.38. The van der Waals surface area contributed by atoms with Crippen LogP contribution in [0.25, 0.3) is 0 Å². The number of amides is 4. The number of nitrogens with zero attached hydrogens (tertiary/aromatic N) is 1. The van der Waals surface area contributed by atoms with Gasteiger partial charge in [0.1, 0.15) is 6.04 Å². The first-order chi connectivity index (χ1) is 17.7.